The van der Waals surface area contributed by atoms with Crippen LogP contribution in [0.4, 0.5) is 0 Å². The van der Waals surface area contributed by atoms with Gasteiger partial charge in [-0.25, -0.2) is 0 Å². The van der Waals surface area contributed by atoms with Gasteiger partial charge in [0.05, 0.1) is 13.2 Å². The van der Waals surface area contributed by atoms with Crippen molar-refractivity contribution >= 4 is 0 Å². The van der Waals surface area contributed by atoms with E-state index in [1.165, 1.54) is 103 Å². The summed E-state index contributed by atoms with van der Waals surface area (Å²) in [6.07, 6.45) is 21.2. The highest BCUT2D eigenvalue weighted by Crippen LogP contribution is 2.23. The van der Waals surface area contributed by atoms with Crippen molar-refractivity contribution in [3.05, 3.63) is 24.3 Å². The molecule has 0 saturated heterocycles. The number of unbranched alkanes of at least 4 members (excludes halogenated alkanes) is 14. The summed E-state index contributed by atoms with van der Waals surface area (Å²) in [5.41, 5.74) is 0. The summed E-state index contributed by atoms with van der Waals surface area (Å²) in [5, 5.41) is 0. The third-order valence-electron chi connectivity index (χ3n) is 7.60. The number of benzene rings is 1. The van der Waals surface area contributed by atoms with E-state index in [1.54, 1.807) is 0 Å². The second-order valence-electron chi connectivity index (χ2n) is 11.1. The van der Waals surface area contributed by atoms with Gasteiger partial charge in [-0.2, -0.15) is 0 Å². The van der Waals surface area contributed by atoms with Gasteiger partial charge in [0, 0.05) is 13.1 Å². The molecule has 2 atom stereocenters. The van der Waals surface area contributed by atoms with E-state index in [0.717, 1.165) is 24.6 Å². The molecule has 5 heteroatoms. The summed E-state index contributed by atoms with van der Waals surface area (Å²) < 4.78 is 18.9. The monoisotopic (exact) mass is 518 g/mol. The quantitative estimate of drug-likeness (QED) is 0.128. The second kappa shape index (κ2) is 20.6. The van der Waals surface area contributed by atoms with Gasteiger partial charge in [0.1, 0.15) is 11.5 Å². The summed E-state index contributed by atoms with van der Waals surface area (Å²) in [6, 6.07) is 8.08. The lowest BCUT2D eigenvalue weighted by Crippen LogP contribution is -2.44. The van der Waals surface area contributed by atoms with Crippen LogP contribution in [0.25, 0.3) is 0 Å². The Morgan fingerprint density at radius 1 is 0.541 bits per heavy atom. The lowest BCUT2D eigenvalue weighted by molar-refractivity contribution is -0.0741. The largest absolute Gasteiger partial charge is 0.473 e. The molecule has 0 aromatic heterocycles. The molecule has 0 amide bonds. The predicted octanol–water partition coefficient (Wildman–Crippen LogP) is 8.27. The number of hydrogen-bond acceptors (Lipinski definition) is 5. The zero-order chi connectivity index (χ0) is 26.6. The van der Waals surface area contributed by atoms with Crippen LogP contribution >= 0.6 is 0 Å². The van der Waals surface area contributed by atoms with Crippen molar-refractivity contribution in [1.82, 2.24) is 9.80 Å². The van der Waals surface area contributed by atoms with Crippen LogP contribution in [0.15, 0.2) is 24.3 Å². The molecule has 0 aliphatic carbocycles. The van der Waals surface area contributed by atoms with E-state index in [0.29, 0.717) is 13.2 Å². The molecule has 2 unspecified atom stereocenters. The SMILES string of the molecule is CCCCCCCCCCN(C)C1COCC(N(C)CCCCCCCCCC)Oc2ccc(cc2)O1. The Kier molecular flexibility index (Phi) is 17.8. The van der Waals surface area contributed by atoms with Gasteiger partial charge >= 0.3 is 0 Å². The molecular weight excluding hydrogens is 460 g/mol. The minimum atomic E-state index is -0.0906. The van der Waals surface area contributed by atoms with Gasteiger partial charge in [-0.05, 0) is 51.2 Å². The minimum Gasteiger partial charge on any atom is -0.473 e. The van der Waals surface area contributed by atoms with E-state index in [4.69, 9.17) is 14.2 Å². The Labute approximate surface area is 229 Å². The number of hydrogen-bond donors (Lipinski definition) is 0. The van der Waals surface area contributed by atoms with Crippen LogP contribution in [0.5, 0.6) is 11.5 Å². The highest BCUT2D eigenvalue weighted by molar-refractivity contribution is 5.31. The van der Waals surface area contributed by atoms with Crippen molar-refractivity contribution < 1.29 is 14.2 Å². The molecule has 2 heterocycles. The summed E-state index contributed by atoms with van der Waals surface area (Å²) in [6.45, 7) is 7.69. The van der Waals surface area contributed by atoms with E-state index in [2.05, 4.69) is 37.7 Å². The number of ether oxygens (including phenoxy) is 3. The minimum absolute atomic E-state index is 0.0906. The summed E-state index contributed by atoms with van der Waals surface area (Å²) >= 11 is 0. The number of likely N-dealkylation sites (N-methyl/N-ethyl adjacent to an activating group) is 2. The van der Waals surface area contributed by atoms with Crippen molar-refractivity contribution in [2.45, 2.75) is 129 Å². The van der Waals surface area contributed by atoms with Gasteiger partial charge in [-0.15, -0.1) is 0 Å². The van der Waals surface area contributed by atoms with Gasteiger partial charge in [0.25, 0.3) is 0 Å². The smallest absolute Gasteiger partial charge is 0.175 e. The van der Waals surface area contributed by atoms with E-state index >= 15 is 0 Å². The molecule has 2 aliphatic heterocycles. The average molecular weight is 519 g/mol. The van der Waals surface area contributed by atoms with Crippen molar-refractivity contribution in [3.63, 3.8) is 0 Å². The molecule has 214 valence electrons. The van der Waals surface area contributed by atoms with Gasteiger partial charge in [0.2, 0.25) is 0 Å². The molecule has 2 aliphatic rings. The molecule has 0 saturated carbocycles. The summed E-state index contributed by atoms with van der Waals surface area (Å²) in [4.78, 5) is 4.62. The molecule has 0 N–H and O–H groups in total. The van der Waals surface area contributed by atoms with Gasteiger partial charge in [-0.1, -0.05) is 104 Å². The first-order valence-electron chi connectivity index (χ1n) is 15.6. The first kappa shape index (κ1) is 31.9. The molecule has 5 nitrogen and oxygen atoms in total. The molecule has 0 spiro atoms. The lowest BCUT2D eigenvalue weighted by Gasteiger charge is -2.30. The molecule has 1 aromatic rings. The fourth-order valence-electron chi connectivity index (χ4n) is 4.96. The molecule has 2 bridgehead atoms. The second-order valence-corrected chi connectivity index (χ2v) is 11.1. The van der Waals surface area contributed by atoms with Crippen molar-refractivity contribution in [2.75, 3.05) is 40.4 Å². The van der Waals surface area contributed by atoms with Gasteiger partial charge in [0.15, 0.2) is 12.5 Å². The van der Waals surface area contributed by atoms with E-state index in [9.17, 15) is 0 Å². The molecule has 1 aromatic carbocycles. The average Bonchev–Trinajstić information content (AvgIpc) is 2.97. The Morgan fingerprint density at radius 2 is 0.865 bits per heavy atom. The predicted molar refractivity (Wildman–Crippen MR) is 157 cm³/mol. The highest BCUT2D eigenvalue weighted by Gasteiger charge is 2.22. The molecule has 3 rings (SSSR count). The number of nitrogens with zero attached hydrogens (tertiary/aromatic N) is 2. The Balaban J connectivity index is 1.76. The fraction of sp³-hybridized carbons (Fsp3) is 0.812. The van der Waals surface area contributed by atoms with Crippen LogP contribution in [0.1, 0.15) is 117 Å². The maximum Gasteiger partial charge on any atom is 0.175 e. The maximum atomic E-state index is 6.34. The fourth-order valence-corrected chi connectivity index (χ4v) is 4.96. The van der Waals surface area contributed by atoms with Gasteiger partial charge in [-0.3, -0.25) is 9.80 Å². The zero-order valence-electron chi connectivity index (χ0n) is 24.7. The summed E-state index contributed by atoms with van der Waals surface area (Å²) in [5.74, 6) is 1.74. The first-order valence-corrected chi connectivity index (χ1v) is 15.6. The third kappa shape index (κ3) is 14.4. The molecule has 37 heavy (non-hydrogen) atoms. The zero-order valence-corrected chi connectivity index (χ0v) is 24.7. The maximum absolute atomic E-state index is 6.34. The highest BCUT2D eigenvalue weighted by atomic mass is 16.6. The standard InChI is InChI=1S/C32H58N2O3/c1-5-7-9-11-13-15-17-19-25-33(3)31-27-35-28-32(37-30-23-21-29(36-31)22-24-30)34(4)26-20-18-16-14-12-10-8-6-2/h21-24,31-32H,5-20,25-28H2,1-4H3. The lowest BCUT2D eigenvalue weighted by atomic mass is 10.1. The van der Waals surface area contributed by atoms with Crippen LogP contribution < -0.4 is 9.47 Å². The van der Waals surface area contributed by atoms with Crippen LogP contribution in [-0.2, 0) is 4.74 Å². The molecule has 0 fully saturated rings. The van der Waals surface area contributed by atoms with Crippen molar-refractivity contribution in [3.8, 4) is 11.5 Å². The first-order chi connectivity index (χ1) is 18.1. The normalized spacial score (nSPS) is 18.1. The topological polar surface area (TPSA) is 34.2 Å². The Morgan fingerprint density at radius 3 is 1.22 bits per heavy atom. The Bertz CT molecular complexity index is 599. The third-order valence-corrected chi connectivity index (χ3v) is 7.60. The molecule has 0 radical (unpaired) electrons. The van der Waals surface area contributed by atoms with Crippen LogP contribution in [0.3, 0.4) is 0 Å². The molecular formula is C32H58N2O3. The van der Waals surface area contributed by atoms with Crippen LogP contribution in [-0.4, -0.2) is 62.7 Å². The van der Waals surface area contributed by atoms with E-state index in [1.807, 2.05) is 24.3 Å². The van der Waals surface area contributed by atoms with Crippen molar-refractivity contribution in [1.29, 1.82) is 0 Å². The van der Waals surface area contributed by atoms with Gasteiger partial charge < -0.3 is 14.2 Å². The van der Waals surface area contributed by atoms with Crippen LogP contribution in [0.2, 0.25) is 0 Å². The van der Waals surface area contributed by atoms with Crippen LogP contribution in [0, 0.1) is 0 Å². The number of fused-ring (bicyclic) bond motifs is 8. The number of rotatable bonds is 20. The van der Waals surface area contributed by atoms with Crippen molar-refractivity contribution in [2.24, 2.45) is 0 Å². The Hall–Kier alpha value is -1.30. The summed E-state index contributed by atoms with van der Waals surface area (Å²) in [7, 11) is 4.32. The van der Waals surface area contributed by atoms with E-state index in [-0.39, 0.29) is 12.5 Å². The van der Waals surface area contributed by atoms with E-state index < -0.39 is 0 Å².